The highest BCUT2D eigenvalue weighted by Crippen LogP contribution is 2.47. The molecule has 2 heteroatoms. The molecular formula is C62H41NO. The van der Waals surface area contributed by atoms with E-state index in [1.165, 1.54) is 66.1 Å². The summed E-state index contributed by atoms with van der Waals surface area (Å²) in [6.07, 6.45) is 0. The van der Waals surface area contributed by atoms with Crippen LogP contribution in [0.3, 0.4) is 0 Å². The molecule has 0 bridgehead atoms. The molecule has 0 atom stereocenters. The monoisotopic (exact) mass is 815 g/mol. The molecule has 0 amide bonds. The van der Waals surface area contributed by atoms with E-state index in [-0.39, 0.29) is 0 Å². The Morgan fingerprint density at radius 1 is 0.250 bits per heavy atom. The normalized spacial score (nSPS) is 11.4. The molecule has 64 heavy (non-hydrogen) atoms. The van der Waals surface area contributed by atoms with Crippen LogP contribution in [0.2, 0.25) is 0 Å². The van der Waals surface area contributed by atoms with Crippen molar-refractivity contribution < 1.29 is 4.42 Å². The fourth-order valence-corrected chi connectivity index (χ4v) is 9.67. The molecule has 11 aromatic carbocycles. The molecule has 0 aliphatic heterocycles. The second-order valence-corrected chi connectivity index (χ2v) is 16.4. The van der Waals surface area contributed by atoms with Crippen molar-refractivity contribution in [1.29, 1.82) is 0 Å². The van der Waals surface area contributed by atoms with E-state index in [9.17, 15) is 0 Å². The SMILES string of the molecule is c1ccc(-c2ccc(-c3ccc(N(c4ccc(-c5cccc6oc7ccccc7c56)cc4)c4ccc5c(c4)c(-c4ccccc4)c(-c4ccccc4)c4ccccc45)cc3)cc2)cc1. The highest BCUT2D eigenvalue weighted by atomic mass is 16.3. The number of hydrogen-bond acceptors (Lipinski definition) is 2. The summed E-state index contributed by atoms with van der Waals surface area (Å²) in [5, 5.41) is 7.18. The van der Waals surface area contributed by atoms with Gasteiger partial charge in [0.1, 0.15) is 11.2 Å². The highest BCUT2D eigenvalue weighted by molar-refractivity contribution is 6.22. The molecule has 0 N–H and O–H groups in total. The Kier molecular flexibility index (Phi) is 9.20. The van der Waals surface area contributed by atoms with Gasteiger partial charge in [-0.25, -0.2) is 0 Å². The third-order valence-corrected chi connectivity index (χ3v) is 12.7. The standard InChI is InChI=1S/C62H41NO/c1-4-15-42(16-5-1)43-27-29-44(30-28-43)45-31-35-49(36-32-45)63(50-37-33-46(34-38-50)52-24-14-26-59-62(52)56-23-12-13-25-58(56)64-59)51-39-40-54-53-21-10-11-22-55(53)60(47-17-6-2-7-18-47)61(57(54)41-51)48-19-8-3-9-20-48/h1-41H. The number of para-hydroxylation sites is 1. The summed E-state index contributed by atoms with van der Waals surface area (Å²) in [6, 6.07) is 89.7. The largest absolute Gasteiger partial charge is 0.456 e. The number of fused-ring (bicyclic) bond motifs is 6. The number of anilines is 3. The van der Waals surface area contributed by atoms with Gasteiger partial charge in [-0.05, 0) is 126 Å². The second-order valence-electron chi connectivity index (χ2n) is 16.4. The quantitative estimate of drug-likeness (QED) is 0.142. The molecule has 0 radical (unpaired) electrons. The van der Waals surface area contributed by atoms with Crippen LogP contribution in [0.25, 0.3) is 99.1 Å². The van der Waals surface area contributed by atoms with Crippen LogP contribution in [-0.4, -0.2) is 0 Å². The predicted octanol–water partition coefficient (Wildman–Crippen LogP) is 17.7. The minimum Gasteiger partial charge on any atom is -0.456 e. The molecule has 0 saturated carbocycles. The lowest BCUT2D eigenvalue weighted by molar-refractivity contribution is 0.669. The molecule has 0 aliphatic carbocycles. The maximum absolute atomic E-state index is 6.29. The third-order valence-electron chi connectivity index (χ3n) is 12.7. The lowest BCUT2D eigenvalue weighted by Crippen LogP contribution is -2.10. The minimum atomic E-state index is 0.895. The van der Waals surface area contributed by atoms with Crippen LogP contribution in [0.5, 0.6) is 0 Å². The minimum absolute atomic E-state index is 0.895. The fourth-order valence-electron chi connectivity index (χ4n) is 9.67. The Morgan fingerprint density at radius 2 is 0.672 bits per heavy atom. The number of nitrogens with zero attached hydrogens (tertiary/aromatic N) is 1. The Morgan fingerprint density at radius 3 is 1.28 bits per heavy atom. The van der Waals surface area contributed by atoms with Crippen LogP contribution < -0.4 is 4.90 Å². The maximum Gasteiger partial charge on any atom is 0.136 e. The summed E-state index contributed by atoms with van der Waals surface area (Å²) >= 11 is 0. The zero-order valence-corrected chi connectivity index (χ0v) is 35.0. The summed E-state index contributed by atoms with van der Waals surface area (Å²) in [5.41, 5.74) is 16.9. The van der Waals surface area contributed by atoms with Crippen molar-refractivity contribution >= 4 is 60.5 Å². The van der Waals surface area contributed by atoms with Gasteiger partial charge in [0.25, 0.3) is 0 Å². The molecule has 0 aliphatic rings. The molecule has 2 nitrogen and oxygen atoms in total. The Hall–Kier alpha value is -8.46. The van der Waals surface area contributed by atoms with Gasteiger partial charge in [0, 0.05) is 27.8 Å². The van der Waals surface area contributed by atoms with E-state index in [4.69, 9.17) is 4.42 Å². The second kappa shape index (κ2) is 15.8. The Labute approximate surface area is 372 Å². The first kappa shape index (κ1) is 37.3. The Bertz CT molecular complexity index is 3610. The van der Waals surface area contributed by atoms with Crippen LogP contribution >= 0.6 is 0 Å². The predicted molar refractivity (Wildman–Crippen MR) is 271 cm³/mol. The highest BCUT2D eigenvalue weighted by Gasteiger charge is 2.21. The van der Waals surface area contributed by atoms with Gasteiger partial charge in [-0.1, -0.05) is 200 Å². The molecule has 12 rings (SSSR count). The van der Waals surface area contributed by atoms with E-state index >= 15 is 0 Å². The van der Waals surface area contributed by atoms with Gasteiger partial charge in [-0.15, -0.1) is 0 Å². The van der Waals surface area contributed by atoms with Crippen molar-refractivity contribution in [2.24, 2.45) is 0 Å². The molecule has 12 aromatic rings. The fraction of sp³-hybridized carbons (Fsp3) is 0. The number of hydrogen-bond donors (Lipinski definition) is 0. The molecule has 0 saturated heterocycles. The topological polar surface area (TPSA) is 16.4 Å². The van der Waals surface area contributed by atoms with Crippen molar-refractivity contribution in [3.8, 4) is 55.6 Å². The van der Waals surface area contributed by atoms with Crippen molar-refractivity contribution in [1.82, 2.24) is 0 Å². The molecule has 0 fully saturated rings. The van der Waals surface area contributed by atoms with E-state index in [1.807, 2.05) is 12.1 Å². The van der Waals surface area contributed by atoms with E-state index in [0.29, 0.717) is 0 Å². The van der Waals surface area contributed by atoms with Gasteiger partial charge in [0.15, 0.2) is 0 Å². The van der Waals surface area contributed by atoms with Gasteiger partial charge in [0.05, 0.1) is 0 Å². The molecule has 1 aromatic heterocycles. The first-order valence-electron chi connectivity index (χ1n) is 21.9. The van der Waals surface area contributed by atoms with Gasteiger partial charge >= 0.3 is 0 Å². The molecular weight excluding hydrogens is 775 g/mol. The van der Waals surface area contributed by atoms with Crippen molar-refractivity contribution in [3.05, 3.63) is 249 Å². The average molecular weight is 816 g/mol. The van der Waals surface area contributed by atoms with Crippen LogP contribution in [-0.2, 0) is 0 Å². The van der Waals surface area contributed by atoms with Crippen LogP contribution in [0.15, 0.2) is 253 Å². The summed E-state index contributed by atoms with van der Waals surface area (Å²) in [7, 11) is 0. The maximum atomic E-state index is 6.29. The lowest BCUT2D eigenvalue weighted by atomic mass is 9.85. The number of rotatable bonds is 8. The summed E-state index contributed by atoms with van der Waals surface area (Å²) in [5.74, 6) is 0. The molecule has 0 unspecified atom stereocenters. The van der Waals surface area contributed by atoms with E-state index in [0.717, 1.165) is 50.1 Å². The van der Waals surface area contributed by atoms with Crippen LogP contribution in [0.1, 0.15) is 0 Å². The third kappa shape index (κ3) is 6.52. The molecule has 0 spiro atoms. The Balaban J connectivity index is 1.04. The summed E-state index contributed by atoms with van der Waals surface area (Å²) in [6.45, 7) is 0. The average Bonchev–Trinajstić information content (AvgIpc) is 3.76. The van der Waals surface area contributed by atoms with Gasteiger partial charge in [-0.2, -0.15) is 0 Å². The zero-order chi connectivity index (χ0) is 42.4. The van der Waals surface area contributed by atoms with E-state index in [2.05, 4.69) is 241 Å². The first-order valence-corrected chi connectivity index (χ1v) is 21.9. The van der Waals surface area contributed by atoms with Gasteiger partial charge in [0.2, 0.25) is 0 Å². The van der Waals surface area contributed by atoms with Crippen molar-refractivity contribution in [3.63, 3.8) is 0 Å². The van der Waals surface area contributed by atoms with Gasteiger partial charge in [-0.3, -0.25) is 0 Å². The van der Waals surface area contributed by atoms with Crippen LogP contribution in [0, 0.1) is 0 Å². The molecule has 300 valence electrons. The first-order chi connectivity index (χ1) is 31.7. The van der Waals surface area contributed by atoms with Gasteiger partial charge < -0.3 is 9.32 Å². The van der Waals surface area contributed by atoms with Crippen molar-refractivity contribution in [2.45, 2.75) is 0 Å². The summed E-state index contributed by atoms with van der Waals surface area (Å²) in [4.78, 5) is 2.39. The number of benzene rings is 11. The zero-order valence-electron chi connectivity index (χ0n) is 35.0. The number of furan rings is 1. The summed E-state index contributed by atoms with van der Waals surface area (Å²) < 4.78 is 6.29. The lowest BCUT2D eigenvalue weighted by Gasteiger charge is -2.27. The molecule has 1 heterocycles. The van der Waals surface area contributed by atoms with Crippen LogP contribution in [0.4, 0.5) is 17.1 Å². The van der Waals surface area contributed by atoms with Crippen molar-refractivity contribution in [2.75, 3.05) is 4.90 Å². The smallest absolute Gasteiger partial charge is 0.136 e. The van der Waals surface area contributed by atoms with E-state index < -0.39 is 0 Å². The van der Waals surface area contributed by atoms with E-state index in [1.54, 1.807) is 0 Å².